The minimum atomic E-state index is 0. The van der Waals surface area contributed by atoms with E-state index in [1.807, 2.05) is 69.6 Å². The Labute approximate surface area is 203 Å². The van der Waals surface area contributed by atoms with Crippen LogP contribution in [0.3, 0.4) is 0 Å². The van der Waals surface area contributed by atoms with Gasteiger partial charge in [-0.3, -0.25) is 19.4 Å². The molecule has 4 rings (SSSR count). The normalized spacial score (nSPS) is 10.2. The molecule has 0 saturated heterocycles. The molecule has 0 bridgehead atoms. The maximum absolute atomic E-state index is 10.6. The molecule has 0 aliphatic rings. The second-order valence-electron chi connectivity index (χ2n) is 7.59. The molecule has 4 heterocycles. The standard InChI is InChI=1S/C13H15N3.C7H7NO.C6H10N2.CH4/c1-10-7-8-11(2)16(10)15-12(3)13-6-4-5-9-14-13;1-6(9)7-4-2-3-5-8-7;1-5-3-4-6(2)8(5)7;/h4-9H,1-3H3;2-5H,1H3;3-4H,7H2,1-2H3;1H4/b15-12+;;;. The SMILES string of the molecule is C.C/C(=N\n1c(C)ccc1C)c1ccccn1.CC(=O)c1ccccn1.Cc1ccc(C)n1N. The second kappa shape index (κ2) is 13.5. The zero-order valence-electron chi connectivity index (χ0n) is 20.1. The third kappa shape index (κ3) is 8.16. The van der Waals surface area contributed by atoms with E-state index in [9.17, 15) is 4.79 Å². The highest BCUT2D eigenvalue weighted by molar-refractivity contribution is 5.96. The molecule has 0 radical (unpaired) electrons. The van der Waals surface area contributed by atoms with Gasteiger partial charge < -0.3 is 5.84 Å². The van der Waals surface area contributed by atoms with Crippen LogP contribution in [-0.4, -0.2) is 30.8 Å². The Morgan fingerprint density at radius 1 is 0.735 bits per heavy atom. The zero-order chi connectivity index (χ0) is 24.4. The molecule has 0 aliphatic heterocycles. The van der Waals surface area contributed by atoms with E-state index in [2.05, 4.69) is 27.2 Å². The van der Waals surface area contributed by atoms with E-state index in [-0.39, 0.29) is 13.2 Å². The first kappa shape index (κ1) is 28.0. The topological polar surface area (TPSA) is 91.1 Å². The van der Waals surface area contributed by atoms with Crippen LogP contribution in [0.2, 0.25) is 0 Å². The van der Waals surface area contributed by atoms with E-state index in [1.165, 1.54) is 6.92 Å². The first-order chi connectivity index (χ1) is 15.7. The van der Waals surface area contributed by atoms with Crippen molar-refractivity contribution in [2.45, 2.75) is 49.0 Å². The highest BCUT2D eigenvalue weighted by Crippen LogP contribution is 2.08. The lowest BCUT2D eigenvalue weighted by Gasteiger charge is -2.04. The summed E-state index contributed by atoms with van der Waals surface area (Å²) < 4.78 is 3.60. The average Bonchev–Trinajstić information content (AvgIpc) is 3.31. The molecule has 7 heteroatoms. The summed E-state index contributed by atoms with van der Waals surface area (Å²) in [5, 5.41) is 4.56. The molecule has 0 aliphatic carbocycles. The summed E-state index contributed by atoms with van der Waals surface area (Å²) in [6.45, 7) is 11.5. The maximum Gasteiger partial charge on any atom is 0.178 e. The Hall–Kier alpha value is -4.00. The monoisotopic (exact) mass is 460 g/mol. The van der Waals surface area contributed by atoms with Gasteiger partial charge in [0.1, 0.15) is 5.69 Å². The Morgan fingerprint density at radius 2 is 1.18 bits per heavy atom. The summed E-state index contributed by atoms with van der Waals surface area (Å²) in [6.07, 6.45) is 3.39. The summed E-state index contributed by atoms with van der Waals surface area (Å²) in [5.41, 5.74) is 6.82. The quantitative estimate of drug-likeness (QED) is 0.248. The van der Waals surface area contributed by atoms with E-state index in [1.54, 1.807) is 35.3 Å². The Kier molecular flexibility index (Phi) is 11.2. The Balaban J connectivity index is 0.000000274. The van der Waals surface area contributed by atoms with Gasteiger partial charge in [-0.15, -0.1) is 0 Å². The third-order valence-electron chi connectivity index (χ3n) is 4.87. The number of hydrogen-bond donors (Lipinski definition) is 1. The predicted molar refractivity (Wildman–Crippen MR) is 141 cm³/mol. The molecule has 0 amide bonds. The first-order valence-electron chi connectivity index (χ1n) is 10.6. The molecule has 0 aromatic carbocycles. The van der Waals surface area contributed by atoms with E-state index in [4.69, 9.17) is 5.84 Å². The molecule has 34 heavy (non-hydrogen) atoms. The van der Waals surface area contributed by atoms with Crippen LogP contribution in [0.5, 0.6) is 0 Å². The minimum Gasteiger partial charge on any atom is -0.339 e. The molecule has 7 nitrogen and oxygen atoms in total. The number of nitrogens with two attached hydrogens (primary N) is 1. The number of rotatable bonds is 3. The van der Waals surface area contributed by atoms with Crippen LogP contribution in [0.25, 0.3) is 0 Å². The van der Waals surface area contributed by atoms with E-state index >= 15 is 0 Å². The van der Waals surface area contributed by atoms with Crippen LogP contribution in [0.1, 0.15) is 60.2 Å². The molecule has 0 saturated carbocycles. The van der Waals surface area contributed by atoms with Crippen LogP contribution >= 0.6 is 0 Å². The molecular weight excluding hydrogens is 424 g/mol. The van der Waals surface area contributed by atoms with Crippen LogP contribution < -0.4 is 5.84 Å². The van der Waals surface area contributed by atoms with Gasteiger partial charge in [-0.25, -0.2) is 4.68 Å². The highest BCUT2D eigenvalue weighted by Gasteiger charge is 2.02. The summed E-state index contributed by atoms with van der Waals surface area (Å²) in [4.78, 5) is 18.7. The van der Waals surface area contributed by atoms with Gasteiger partial charge in [0.2, 0.25) is 0 Å². The van der Waals surface area contributed by atoms with Crippen LogP contribution in [-0.2, 0) is 0 Å². The van der Waals surface area contributed by atoms with Crippen molar-refractivity contribution in [1.29, 1.82) is 0 Å². The van der Waals surface area contributed by atoms with Gasteiger partial charge in [0, 0.05) is 42.1 Å². The number of pyridine rings is 2. The summed E-state index contributed by atoms with van der Waals surface area (Å²) in [6, 6.07) is 19.2. The summed E-state index contributed by atoms with van der Waals surface area (Å²) >= 11 is 0. The molecule has 4 aromatic rings. The Morgan fingerprint density at radius 3 is 1.50 bits per heavy atom. The van der Waals surface area contributed by atoms with Crippen LogP contribution in [0.4, 0.5) is 0 Å². The molecule has 2 N–H and O–H groups in total. The molecular formula is C27H36N6O. The van der Waals surface area contributed by atoms with Crippen molar-refractivity contribution in [2.75, 3.05) is 5.84 Å². The number of nitrogens with zero attached hydrogens (tertiary/aromatic N) is 5. The van der Waals surface area contributed by atoms with Gasteiger partial charge in [-0.2, -0.15) is 5.10 Å². The smallest absolute Gasteiger partial charge is 0.178 e. The van der Waals surface area contributed by atoms with Gasteiger partial charge >= 0.3 is 0 Å². The molecule has 0 fully saturated rings. The highest BCUT2D eigenvalue weighted by atomic mass is 16.1. The largest absolute Gasteiger partial charge is 0.339 e. The predicted octanol–water partition coefficient (Wildman–Crippen LogP) is 5.51. The minimum absolute atomic E-state index is 0. The summed E-state index contributed by atoms with van der Waals surface area (Å²) in [7, 11) is 0. The summed E-state index contributed by atoms with van der Waals surface area (Å²) in [5.74, 6) is 5.53. The molecule has 180 valence electrons. The maximum atomic E-state index is 10.6. The van der Waals surface area contributed by atoms with Gasteiger partial charge in [-0.05, 0) is 83.1 Å². The number of aromatic nitrogens is 4. The van der Waals surface area contributed by atoms with Gasteiger partial charge in [0.05, 0.1) is 11.4 Å². The molecule has 4 aromatic heterocycles. The fourth-order valence-corrected chi connectivity index (χ4v) is 2.85. The number of aryl methyl sites for hydroxylation is 4. The number of hydrogen-bond acceptors (Lipinski definition) is 5. The Bertz CT molecular complexity index is 1150. The lowest BCUT2D eigenvalue weighted by molar-refractivity contribution is 0.101. The van der Waals surface area contributed by atoms with Crippen LogP contribution in [0, 0.1) is 27.7 Å². The lowest BCUT2D eigenvalue weighted by atomic mass is 10.3. The van der Waals surface area contributed by atoms with Gasteiger partial charge in [-0.1, -0.05) is 19.6 Å². The van der Waals surface area contributed by atoms with E-state index in [0.29, 0.717) is 5.69 Å². The molecule has 0 atom stereocenters. The van der Waals surface area contributed by atoms with Crippen molar-refractivity contribution < 1.29 is 4.79 Å². The molecule has 0 spiro atoms. The van der Waals surface area contributed by atoms with Crippen molar-refractivity contribution in [3.63, 3.8) is 0 Å². The fourth-order valence-electron chi connectivity index (χ4n) is 2.85. The van der Waals surface area contributed by atoms with Crippen molar-refractivity contribution in [1.82, 2.24) is 19.3 Å². The number of carbonyl (C=O) groups is 1. The van der Waals surface area contributed by atoms with Crippen molar-refractivity contribution in [3.05, 3.63) is 107 Å². The van der Waals surface area contributed by atoms with E-state index in [0.717, 1.165) is 34.2 Å². The number of Topliss-reactive ketones (excluding diaryl/α,β-unsaturated/α-hetero) is 1. The van der Waals surface area contributed by atoms with Crippen LogP contribution in [0.15, 0.2) is 78.2 Å². The third-order valence-corrected chi connectivity index (χ3v) is 4.87. The van der Waals surface area contributed by atoms with Gasteiger partial charge in [0.15, 0.2) is 5.78 Å². The second-order valence-corrected chi connectivity index (χ2v) is 7.59. The van der Waals surface area contributed by atoms with Crippen molar-refractivity contribution in [3.8, 4) is 0 Å². The van der Waals surface area contributed by atoms with Gasteiger partial charge in [0.25, 0.3) is 0 Å². The average molecular weight is 461 g/mol. The number of carbonyl (C=O) groups excluding carboxylic acids is 1. The van der Waals surface area contributed by atoms with Crippen molar-refractivity contribution in [2.24, 2.45) is 5.10 Å². The fraction of sp³-hybridized carbons (Fsp3) is 0.259. The molecule has 0 unspecified atom stereocenters. The lowest BCUT2D eigenvalue weighted by Crippen LogP contribution is -2.10. The number of nitrogen functional groups attached to an aromatic ring is 1. The number of ketones is 1. The first-order valence-corrected chi connectivity index (χ1v) is 10.6. The van der Waals surface area contributed by atoms with E-state index < -0.39 is 0 Å². The zero-order valence-corrected chi connectivity index (χ0v) is 20.1. The van der Waals surface area contributed by atoms with Crippen molar-refractivity contribution >= 4 is 11.5 Å².